The number of hydrogen-bond donors (Lipinski definition) is 2. The summed E-state index contributed by atoms with van der Waals surface area (Å²) in [6, 6.07) is -0.333. The van der Waals surface area contributed by atoms with Crippen LogP contribution in [0.4, 0.5) is 0 Å². The van der Waals surface area contributed by atoms with E-state index in [4.69, 9.17) is 20.9 Å². The Balaban J connectivity index is 2.76. The van der Waals surface area contributed by atoms with Crippen molar-refractivity contribution in [2.75, 3.05) is 52.5 Å². The van der Waals surface area contributed by atoms with Crippen LogP contribution in [0.15, 0.2) is 23.6 Å². The Morgan fingerprint density at radius 3 is 2.00 bits per heavy atom. The third-order valence-electron chi connectivity index (χ3n) is 6.17. The molecule has 1 aliphatic rings. The zero-order chi connectivity index (χ0) is 22.4. The summed E-state index contributed by atoms with van der Waals surface area (Å²) in [4.78, 5) is 4.82. The summed E-state index contributed by atoms with van der Waals surface area (Å²) in [5.74, 6) is 0.800. The first kappa shape index (κ1) is 27.0. The van der Waals surface area contributed by atoms with Gasteiger partial charge in [0.1, 0.15) is 11.4 Å². The molecule has 0 aromatic carbocycles. The third-order valence-corrected chi connectivity index (χ3v) is 6.17. The van der Waals surface area contributed by atoms with Gasteiger partial charge in [-0.15, -0.1) is 0 Å². The predicted molar refractivity (Wildman–Crippen MR) is 127 cm³/mol. The van der Waals surface area contributed by atoms with E-state index < -0.39 is 5.60 Å². The number of unbranched alkanes of at least 4 members (excludes halogenated alkanes) is 1. The fourth-order valence-electron chi connectivity index (χ4n) is 3.98. The minimum Gasteiger partial charge on any atom is -0.494 e. The normalized spacial score (nSPS) is 21.8. The topological polar surface area (TPSA) is 77.0 Å². The number of allylic oxidation sites excluding steroid dienone is 1. The summed E-state index contributed by atoms with van der Waals surface area (Å²) in [6.07, 6.45) is 8.95. The van der Waals surface area contributed by atoms with Crippen molar-refractivity contribution in [2.24, 2.45) is 11.5 Å². The van der Waals surface area contributed by atoms with Gasteiger partial charge in [0, 0.05) is 31.5 Å². The predicted octanol–water partition coefficient (Wildman–Crippen LogP) is 3.48. The molecule has 0 fully saturated rings. The van der Waals surface area contributed by atoms with Gasteiger partial charge in [-0.2, -0.15) is 0 Å². The van der Waals surface area contributed by atoms with E-state index in [1.165, 1.54) is 0 Å². The Hall–Kier alpha value is -1.08. The minimum atomic E-state index is -0.577. The molecule has 0 amide bonds. The van der Waals surface area contributed by atoms with E-state index in [1.807, 2.05) is 6.08 Å². The Morgan fingerprint density at radius 2 is 1.47 bits per heavy atom. The van der Waals surface area contributed by atoms with Gasteiger partial charge in [-0.05, 0) is 51.5 Å². The van der Waals surface area contributed by atoms with Crippen molar-refractivity contribution in [1.82, 2.24) is 9.80 Å². The first-order chi connectivity index (χ1) is 14.5. The van der Waals surface area contributed by atoms with Gasteiger partial charge in [0.15, 0.2) is 0 Å². The number of ether oxygens (including phenoxy) is 2. The average molecular weight is 425 g/mol. The molecule has 4 N–H and O–H groups in total. The maximum absolute atomic E-state index is 6.55. The minimum absolute atomic E-state index is 0.333. The molecule has 6 nitrogen and oxygen atoms in total. The third kappa shape index (κ3) is 8.58. The van der Waals surface area contributed by atoms with Crippen molar-refractivity contribution in [3.8, 4) is 0 Å². The summed E-state index contributed by atoms with van der Waals surface area (Å²) >= 11 is 0. The highest BCUT2D eigenvalue weighted by Gasteiger charge is 2.40. The molecule has 1 rings (SSSR count). The van der Waals surface area contributed by atoms with Gasteiger partial charge < -0.3 is 30.7 Å². The SMILES string of the molecule is CCCCC1(OCCCN(CC)CC)C=C(OCCCN(CC)CC)C=C(N)C1N. The fourth-order valence-corrected chi connectivity index (χ4v) is 3.98. The molecule has 1 aliphatic carbocycles. The van der Waals surface area contributed by atoms with Crippen LogP contribution in [-0.4, -0.2) is 73.9 Å². The van der Waals surface area contributed by atoms with Crippen LogP contribution in [0.1, 0.15) is 66.7 Å². The number of hydrogen-bond acceptors (Lipinski definition) is 6. The van der Waals surface area contributed by atoms with Crippen LogP contribution < -0.4 is 11.5 Å². The molecule has 0 saturated carbocycles. The molecular weight excluding hydrogens is 376 g/mol. The van der Waals surface area contributed by atoms with Crippen LogP contribution in [0.25, 0.3) is 0 Å². The zero-order valence-electron chi connectivity index (χ0n) is 20.3. The van der Waals surface area contributed by atoms with Gasteiger partial charge in [0.05, 0.1) is 12.6 Å². The summed E-state index contributed by atoms with van der Waals surface area (Å²) in [7, 11) is 0. The van der Waals surface area contributed by atoms with Crippen LogP contribution in [0, 0.1) is 0 Å². The maximum atomic E-state index is 6.55. The molecule has 30 heavy (non-hydrogen) atoms. The lowest BCUT2D eigenvalue weighted by molar-refractivity contribution is -0.0343. The zero-order valence-corrected chi connectivity index (χ0v) is 20.3. The van der Waals surface area contributed by atoms with Crippen molar-refractivity contribution in [2.45, 2.75) is 78.4 Å². The fraction of sp³-hybridized carbons (Fsp3) is 0.833. The molecule has 0 aromatic rings. The Kier molecular flexibility index (Phi) is 13.3. The number of nitrogens with two attached hydrogens (primary N) is 2. The maximum Gasteiger partial charge on any atom is 0.120 e. The summed E-state index contributed by atoms with van der Waals surface area (Å²) in [5, 5.41) is 0. The van der Waals surface area contributed by atoms with E-state index in [0.717, 1.165) is 77.1 Å². The van der Waals surface area contributed by atoms with Gasteiger partial charge in [-0.3, -0.25) is 0 Å². The van der Waals surface area contributed by atoms with E-state index in [0.29, 0.717) is 18.9 Å². The monoisotopic (exact) mass is 424 g/mol. The van der Waals surface area contributed by atoms with E-state index in [9.17, 15) is 0 Å². The largest absolute Gasteiger partial charge is 0.494 e. The smallest absolute Gasteiger partial charge is 0.120 e. The standard InChI is InChI=1S/C24H48N4O2/c1-6-11-14-24(30-18-13-16-28(9-4)10-5)20-21(19-22(25)23(24)26)29-17-12-15-27(7-2)8-3/h19-20,23H,6-18,25-26H2,1-5H3. The Labute approximate surface area is 185 Å². The first-order valence-corrected chi connectivity index (χ1v) is 12.1. The first-order valence-electron chi connectivity index (χ1n) is 12.1. The van der Waals surface area contributed by atoms with Crippen molar-refractivity contribution >= 4 is 0 Å². The summed E-state index contributed by atoms with van der Waals surface area (Å²) in [6.45, 7) is 18.7. The quantitative estimate of drug-likeness (QED) is 0.348. The average Bonchev–Trinajstić information content (AvgIpc) is 2.76. The Morgan fingerprint density at radius 1 is 0.900 bits per heavy atom. The van der Waals surface area contributed by atoms with Crippen molar-refractivity contribution in [3.05, 3.63) is 23.6 Å². The molecule has 2 atom stereocenters. The molecule has 0 radical (unpaired) electrons. The molecular formula is C24H48N4O2. The number of rotatable bonds is 17. The van der Waals surface area contributed by atoms with E-state index >= 15 is 0 Å². The molecule has 0 heterocycles. The van der Waals surface area contributed by atoms with Gasteiger partial charge in [0.25, 0.3) is 0 Å². The molecule has 176 valence electrons. The highest BCUT2D eigenvalue weighted by molar-refractivity contribution is 5.34. The molecule has 2 unspecified atom stereocenters. The molecule has 0 bridgehead atoms. The molecule has 6 heteroatoms. The second-order valence-corrected chi connectivity index (χ2v) is 8.19. The van der Waals surface area contributed by atoms with E-state index in [-0.39, 0.29) is 6.04 Å². The lowest BCUT2D eigenvalue weighted by Gasteiger charge is -2.39. The lowest BCUT2D eigenvalue weighted by atomic mass is 9.83. The van der Waals surface area contributed by atoms with Crippen molar-refractivity contribution in [3.63, 3.8) is 0 Å². The van der Waals surface area contributed by atoms with Crippen LogP contribution in [0.3, 0.4) is 0 Å². The van der Waals surface area contributed by atoms with Gasteiger partial charge in [0.2, 0.25) is 0 Å². The Bertz CT molecular complexity index is 515. The second-order valence-electron chi connectivity index (χ2n) is 8.19. The van der Waals surface area contributed by atoms with E-state index in [2.05, 4.69) is 50.5 Å². The molecule has 0 spiro atoms. The van der Waals surface area contributed by atoms with Gasteiger partial charge in [-0.1, -0.05) is 47.5 Å². The second kappa shape index (κ2) is 14.8. The van der Waals surface area contributed by atoms with Crippen LogP contribution in [0.2, 0.25) is 0 Å². The van der Waals surface area contributed by atoms with Crippen molar-refractivity contribution < 1.29 is 9.47 Å². The van der Waals surface area contributed by atoms with Crippen LogP contribution in [0.5, 0.6) is 0 Å². The lowest BCUT2D eigenvalue weighted by Crippen LogP contribution is -2.53. The van der Waals surface area contributed by atoms with Gasteiger partial charge >= 0.3 is 0 Å². The summed E-state index contributed by atoms with van der Waals surface area (Å²) < 4.78 is 12.6. The van der Waals surface area contributed by atoms with E-state index in [1.54, 1.807) is 0 Å². The molecule has 0 saturated heterocycles. The van der Waals surface area contributed by atoms with Crippen molar-refractivity contribution in [1.29, 1.82) is 0 Å². The van der Waals surface area contributed by atoms with Crippen LogP contribution in [-0.2, 0) is 9.47 Å². The summed E-state index contributed by atoms with van der Waals surface area (Å²) in [5.41, 5.74) is 12.9. The molecule has 0 aromatic heterocycles. The number of nitrogens with zero attached hydrogens (tertiary/aromatic N) is 2. The molecule has 0 aliphatic heterocycles. The highest BCUT2D eigenvalue weighted by Crippen LogP contribution is 2.33. The van der Waals surface area contributed by atoms with Crippen LogP contribution >= 0.6 is 0 Å². The van der Waals surface area contributed by atoms with Gasteiger partial charge in [-0.25, -0.2) is 0 Å². The highest BCUT2D eigenvalue weighted by atomic mass is 16.5.